The number of hydrogen-bond donors (Lipinski definition) is 0. The van der Waals surface area contributed by atoms with Crippen molar-refractivity contribution in [2.75, 3.05) is 11.9 Å². The van der Waals surface area contributed by atoms with Gasteiger partial charge in [0.1, 0.15) is 0 Å². The lowest BCUT2D eigenvalue weighted by molar-refractivity contribution is 0.598. The summed E-state index contributed by atoms with van der Waals surface area (Å²) in [6.45, 7) is 7.45. The van der Waals surface area contributed by atoms with E-state index < -0.39 is 0 Å². The average Bonchev–Trinajstić information content (AvgIpc) is 3.21. The van der Waals surface area contributed by atoms with Crippen molar-refractivity contribution in [2.24, 2.45) is 7.05 Å². The number of anilines is 1. The van der Waals surface area contributed by atoms with Gasteiger partial charge in [-0.15, -0.1) is 0 Å². The molecule has 5 heteroatoms. The standard InChI is InChI=1S/C22H29N5/c1-15-6-7-18-12-19(8-9-21(18)25(15)4)22-13-23-14-27(22)11-10-20-16(2)24-26(5)17(20)3/h8-9,12-15H,6-7,10-11H2,1-5H3/t15-/m0/s1. The first-order chi connectivity index (χ1) is 13.0. The summed E-state index contributed by atoms with van der Waals surface area (Å²) < 4.78 is 4.24. The van der Waals surface area contributed by atoms with Gasteiger partial charge in [-0.1, -0.05) is 6.07 Å². The van der Waals surface area contributed by atoms with E-state index in [-0.39, 0.29) is 0 Å². The number of imidazole rings is 1. The zero-order chi connectivity index (χ0) is 19.1. The first-order valence-electron chi connectivity index (χ1n) is 9.81. The van der Waals surface area contributed by atoms with Crippen LogP contribution >= 0.6 is 0 Å². The zero-order valence-corrected chi connectivity index (χ0v) is 17.0. The van der Waals surface area contributed by atoms with Gasteiger partial charge >= 0.3 is 0 Å². The second-order valence-corrected chi connectivity index (χ2v) is 7.84. The third-order valence-electron chi connectivity index (χ3n) is 6.22. The molecule has 0 N–H and O–H groups in total. The van der Waals surface area contributed by atoms with E-state index in [1.807, 2.05) is 24.3 Å². The van der Waals surface area contributed by atoms with E-state index in [1.54, 1.807) is 0 Å². The molecule has 4 rings (SSSR count). The van der Waals surface area contributed by atoms with Crippen molar-refractivity contribution in [3.8, 4) is 11.3 Å². The van der Waals surface area contributed by atoms with Crippen molar-refractivity contribution in [1.82, 2.24) is 19.3 Å². The van der Waals surface area contributed by atoms with E-state index in [2.05, 4.69) is 65.6 Å². The summed E-state index contributed by atoms with van der Waals surface area (Å²) in [5.41, 5.74) is 8.98. The van der Waals surface area contributed by atoms with Crippen LogP contribution in [-0.2, 0) is 26.4 Å². The van der Waals surface area contributed by atoms with Crippen LogP contribution < -0.4 is 4.90 Å². The van der Waals surface area contributed by atoms with Gasteiger partial charge in [0.15, 0.2) is 0 Å². The molecule has 0 bridgehead atoms. The number of aryl methyl sites for hydroxylation is 4. The summed E-state index contributed by atoms with van der Waals surface area (Å²) in [5, 5.41) is 4.54. The van der Waals surface area contributed by atoms with Crippen molar-refractivity contribution in [3.63, 3.8) is 0 Å². The lowest BCUT2D eigenvalue weighted by atomic mass is 9.95. The smallest absolute Gasteiger partial charge is 0.0951 e. The van der Waals surface area contributed by atoms with Crippen LogP contribution in [0.2, 0.25) is 0 Å². The Kier molecular flexibility index (Phi) is 4.54. The summed E-state index contributed by atoms with van der Waals surface area (Å²) >= 11 is 0. The predicted molar refractivity (Wildman–Crippen MR) is 110 cm³/mol. The van der Waals surface area contributed by atoms with Gasteiger partial charge in [-0.05, 0) is 63.3 Å². The molecule has 0 aliphatic carbocycles. The van der Waals surface area contributed by atoms with Gasteiger partial charge in [-0.25, -0.2) is 4.98 Å². The Balaban J connectivity index is 1.59. The van der Waals surface area contributed by atoms with E-state index in [1.165, 1.54) is 40.2 Å². The minimum absolute atomic E-state index is 0.611. The minimum Gasteiger partial charge on any atom is -0.372 e. The molecular weight excluding hydrogens is 334 g/mol. The second-order valence-electron chi connectivity index (χ2n) is 7.84. The molecule has 0 unspecified atom stereocenters. The summed E-state index contributed by atoms with van der Waals surface area (Å²) in [6, 6.07) is 7.47. The largest absolute Gasteiger partial charge is 0.372 e. The number of hydrogen-bond acceptors (Lipinski definition) is 3. The van der Waals surface area contributed by atoms with Crippen LogP contribution in [0, 0.1) is 13.8 Å². The number of aromatic nitrogens is 4. The molecule has 1 aromatic carbocycles. The highest BCUT2D eigenvalue weighted by Gasteiger charge is 2.20. The lowest BCUT2D eigenvalue weighted by Crippen LogP contribution is -2.33. The normalized spacial score (nSPS) is 16.6. The molecule has 1 atom stereocenters. The number of benzene rings is 1. The number of rotatable bonds is 4. The fourth-order valence-corrected chi connectivity index (χ4v) is 4.24. The Hall–Kier alpha value is -2.56. The summed E-state index contributed by atoms with van der Waals surface area (Å²) in [4.78, 5) is 6.83. The molecule has 27 heavy (non-hydrogen) atoms. The number of nitrogens with zero attached hydrogens (tertiary/aromatic N) is 5. The van der Waals surface area contributed by atoms with Gasteiger partial charge in [0.2, 0.25) is 0 Å². The minimum atomic E-state index is 0.611. The maximum atomic E-state index is 4.54. The van der Waals surface area contributed by atoms with Crippen LogP contribution in [0.3, 0.4) is 0 Å². The Morgan fingerprint density at radius 3 is 2.74 bits per heavy atom. The third-order valence-corrected chi connectivity index (χ3v) is 6.22. The molecule has 142 valence electrons. The van der Waals surface area contributed by atoms with Gasteiger partial charge in [-0.3, -0.25) is 4.68 Å². The van der Waals surface area contributed by atoms with Crippen molar-refractivity contribution in [2.45, 2.75) is 52.6 Å². The maximum Gasteiger partial charge on any atom is 0.0951 e. The van der Waals surface area contributed by atoms with Gasteiger partial charge in [0.25, 0.3) is 0 Å². The molecule has 5 nitrogen and oxygen atoms in total. The van der Waals surface area contributed by atoms with Gasteiger partial charge < -0.3 is 9.47 Å². The Morgan fingerprint density at radius 2 is 2.00 bits per heavy atom. The second kappa shape index (κ2) is 6.87. The fraction of sp³-hybridized carbons (Fsp3) is 0.455. The molecule has 1 aliphatic rings. The maximum absolute atomic E-state index is 4.54. The molecule has 0 amide bonds. The van der Waals surface area contributed by atoms with Crippen LogP contribution in [0.25, 0.3) is 11.3 Å². The van der Waals surface area contributed by atoms with E-state index in [0.717, 1.165) is 25.1 Å². The van der Waals surface area contributed by atoms with Gasteiger partial charge in [-0.2, -0.15) is 5.10 Å². The summed E-state index contributed by atoms with van der Waals surface area (Å²) in [7, 11) is 4.21. The van der Waals surface area contributed by atoms with E-state index in [4.69, 9.17) is 0 Å². The van der Waals surface area contributed by atoms with E-state index in [9.17, 15) is 0 Å². The molecule has 1 aliphatic heterocycles. The molecule has 3 heterocycles. The zero-order valence-electron chi connectivity index (χ0n) is 17.0. The quantitative estimate of drug-likeness (QED) is 0.705. The molecule has 3 aromatic rings. The van der Waals surface area contributed by atoms with E-state index >= 15 is 0 Å². The first kappa shape index (κ1) is 17.8. The highest BCUT2D eigenvalue weighted by molar-refractivity contribution is 5.67. The van der Waals surface area contributed by atoms with Crippen LogP contribution in [0.5, 0.6) is 0 Å². The van der Waals surface area contributed by atoms with Crippen molar-refractivity contribution in [1.29, 1.82) is 0 Å². The highest BCUT2D eigenvalue weighted by Crippen LogP contribution is 2.33. The molecule has 0 radical (unpaired) electrons. The monoisotopic (exact) mass is 363 g/mol. The van der Waals surface area contributed by atoms with Crippen LogP contribution in [0.1, 0.15) is 35.9 Å². The molecule has 0 fully saturated rings. The van der Waals surface area contributed by atoms with Crippen LogP contribution in [0.4, 0.5) is 5.69 Å². The fourth-order valence-electron chi connectivity index (χ4n) is 4.24. The SMILES string of the molecule is Cc1nn(C)c(C)c1CCn1cncc1-c1ccc2c(c1)CC[C@H](C)N2C. The van der Waals surface area contributed by atoms with Crippen molar-refractivity contribution < 1.29 is 0 Å². The summed E-state index contributed by atoms with van der Waals surface area (Å²) in [6.07, 6.45) is 7.27. The lowest BCUT2D eigenvalue weighted by Gasteiger charge is -2.34. The van der Waals surface area contributed by atoms with Gasteiger partial charge in [0.05, 0.1) is 23.9 Å². The Bertz CT molecular complexity index is 965. The highest BCUT2D eigenvalue weighted by atomic mass is 15.3. The topological polar surface area (TPSA) is 38.9 Å². The molecule has 0 saturated carbocycles. The predicted octanol–water partition coefficient (Wildman–Crippen LogP) is 3.91. The van der Waals surface area contributed by atoms with Crippen LogP contribution in [0.15, 0.2) is 30.7 Å². The van der Waals surface area contributed by atoms with Crippen molar-refractivity contribution in [3.05, 3.63) is 53.2 Å². The average molecular weight is 364 g/mol. The first-order valence-corrected chi connectivity index (χ1v) is 9.81. The number of fused-ring (bicyclic) bond motifs is 1. The molecule has 0 saturated heterocycles. The Labute approximate surface area is 161 Å². The molecule has 2 aromatic heterocycles. The van der Waals surface area contributed by atoms with Crippen molar-refractivity contribution >= 4 is 5.69 Å². The third kappa shape index (κ3) is 3.15. The van der Waals surface area contributed by atoms with E-state index in [0.29, 0.717) is 6.04 Å². The van der Waals surface area contributed by atoms with Crippen LogP contribution in [-0.4, -0.2) is 32.4 Å². The Morgan fingerprint density at radius 1 is 1.19 bits per heavy atom. The molecular formula is C22H29N5. The molecule has 0 spiro atoms. The van der Waals surface area contributed by atoms with Gasteiger partial charge in [0, 0.05) is 43.6 Å². The summed E-state index contributed by atoms with van der Waals surface area (Å²) in [5.74, 6) is 0.